The number of nitrogens with one attached hydrogen (secondary N) is 2. The highest BCUT2D eigenvalue weighted by Gasteiger charge is 2.07. The van der Waals surface area contributed by atoms with Crippen LogP contribution in [-0.4, -0.2) is 23.0 Å². The fourth-order valence-corrected chi connectivity index (χ4v) is 2.29. The van der Waals surface area contributed by atoms with Gasteiger partial charge in [-0.05, 0) is 42.0 Å². The van der Waals surface area contributed by atoms with Crippen LogP contribution in [0.2, 0.25) is 0 Å². The van der Waals surface area contributed by atoms with Crippen LogP contribution in [0.5, 0.6) is 5.75 Å². The summed E-state index contributed by atoms with van der Waals surface area (Å²) in [6.07, 6.45) is 2.92. The molecule has 0 spiro atoms. The number of ether oxygens (including phenoxy) is 1. The molecule has 0 saturated heterocycles. The highest BCUT2D eigenvalue weighted by atomic mass is 16.5. The van der Waals surface area contributed by atoms with Gasteiger partial charge in [-0.25, -0.2) is 9.97 Å². The Kier molecular flexibility index (Phi) is 5.60. The maximum Gasteiger partial charge on any atom is 0.254 e. The molecule has 0 unspecified atom stereocenters. The third kappa shape index (κ3) is 4.80. The molecule has 1 aromatic heterocycles. The van der Waals surface area contributed by atoms with Crippen molar-refractivity contribution in [3.8, 4) is 11.8 Å². The third-order valence-corrected chi connectivity index (χ3v) is 3.80. The minimum atomic E-state index is -0.254. The van der Waals surface area contributed by atoms with Gasteiger partial charge < -0.3 is 15.4 Å². The summed E-state index contributed by atoms with van der Waals surface area (Å²) < 4.78 is 5.11. The first-order valence-corrected chi connectivity index (χ1v) is 8.18. The van der Waals surface area contributed by atoms with Crippen molar-refractivity contribution in [2.45, 2.75) is 6.54 Å². The molecule has 134 valence electrons. The van der Waals surface area contributed by atoms with E-state index in [0.717, 1.165) is 17.0 Å². The van der Waals surface area contributed by atoms with Crippen LogP contribution in [-0.2, 0) is 6.54 Å². The van der Waals surface area contributed by atoms with E-state index >= 15 is 0 Å². The van der Waals surface area contributed by atoms with E-state index in [4.69, 9.17) is 10.00 Å². The van der Waals surface area contributed by atoms with E-state index < -0.39 is 0 Å². The first-order chi connectivity index (χ1) is 13.2. The largest absolute Gasteiger partial charge is 0.497 e. The number of amides is 1. The van der Waals surface area contributed by atoms with Gasteiger partial charge in [-0.1, -0.05) is 12.1 Å². The molecule has 0 aliphatic heterocycles. The fraction of sp³-hybridized carbons (Fsp3) is 0.100. The van der Waals surface area contributed by atoms with Crippen molar-refractivity contribution >= 4 is 17.5 Å². The molecule has 0 fully saturated rings. The molecule has 0 aliphatic rings. The van der Waals surface area contributed by atoms with E-state index in [9.17, 15) is 4.79 Å². The Balaban J connectivity index is 1.56. The number of nitriles is 1. The van der Waals surface area contributed by atoms with E-state index in [2.05, 4.69) is 26.7 Å². The zero-order chi connectivity index (χ0) is 19.1. The van der Waals surface area contributed by atoms with Crippen molar-refractivity contribution in [2.24, 2.45) is 0 Å². The molecule has 2 aromatic carbocycles. The Morgan fingerprint density at radius 2 is 1.74 bits per heavy atom. The maximum atomic E-state index is 12.2. The first kappa shape index (κ1) is 17.9. The van der Waals surface area contributed by atoms with E-state index in [-0.39, 0.29) is 5.91 Å². The summed E-state index contributed by atoms with van der Waals surface area (Å²) in [5.74, 6) is 0.881. The van der Waals surface area contributed by atoms with Crippen molar-refractivity contribution < 1.29 is 9.53 Å². The van der Waals surface area contributed by atoms with Gasteiger partial charge in [0.1, 0.15) is 5.75 Å². The number of methoxy groups -OCH3 is 1. The summed E-state index contributed by atoms with van der Waals surface area (Å²) >= 11 is 0. The summed E-state index contributed by atoms with van der Waals surface area (Å²) in [6.45, 7) is 0.397. The zero-order valence-electron chi connectivity index (χ0n) is 14.6. The molecule has 7 nitrogen and oxygen atoms in total. The lowest BCUT2D eigenvalue weighted by Gasteiger charge is -2.07. The smallest absolute Gasteiger partial charge is 0.254 e. The van der Waals surface area contributed by atoms with Gasteiger partial charge in [0.05, 0.1) is 24.3 Å². The molecule has 0 saturated carbocycles. The molecule has 2 N–H and O–H groups in total. The Labute approximate surface area is 156 Å². The molecule has 1 amide bonds. The molecule has 27 heavy (non-hydrogen) atoms. The normalized spacial score (nSPS) is 9.93. The molecular formula is C20H17N5O2. The van der Waals surface area contributed by atoms with E-state index in [1.54, 1.807) is 31.4 Å². The number of carbonyl (C=O) groups excluding carboxylic acids is 1. The standard InChI is InChI=1S/C20H17N5O2/c1-27-18-8-4-15(5-9-18)11-22-19(26)16-12-23-20(24-13-16)25-17-6-2-14(10-21)3-7-17/h2-9,12-13H,11H2,1H3,(H,22,26)(H,23,24,25). The van der Waals surface area contributed by atoms with Gasteiger partial charge in [-0.2, -0.15) is 5.26 Å². The summed E-state index contributed by atoms with van der Waals surface area (Å²) in [4.78, 5) is 20.5. The number of aromatic nitrogens is 2. The van der Waals surface area contributed by atoms with Crippen LogP contribution in [0.25, 0.3) is 0 Å². The lowest BCUT2D eigenvalue weighted by atomic mass is 10.2. The lowest BCUT2D eigenvalue weighted by molar-refractivity contribution is 0.0950. The first-order valence-electron chi connectivity index (χ1n) is 8.18. The van der Waals surface area contributed by atoms with Gasteiger partial charge in [0.2, 0.25) is 5.95 Å². The van der Waals surface area contributed by atoms with Crippen molar-refractivity contribution in [3.05, 3.63) is 77.6 Å². The average molecular weight is 359 g/mol. The molecule has 1 heterocycles. The second-order valence-corrected chi connectivity index (χ2v) is 5.64. The van der Waals surface area contributed by atoms with Crippen LogP contribution >= 0.6 is 0 Å². The summed E-state index contributed by atoms with van der Waals surface area (Å²) in [7, 11) is 1.61. The van der Waals surface area contributed by atoms with Crippen molar-refractivity contribution in [2.75, 3.05) is 12.4 Å². The van der Waals surface area contributed by atoms with Gasteiger partial charge in [-0.3, -0.25) is 4.79 Å². The van der Waals surface area contributed by atoms with Gasteiger partial charge in [0.25, 0.3) is 5.91 Å². The number of benzene rings is 2. The number of nitrogens with zero attached hydrogens (tertiary/aromatic N) is 3. The Morgan fingerprint density at radius 3 is 2.33 bits per heavy atom. The molecule has 0 bridgehead atoms. The Hall–Kier alpha value is -3.92. The zero-order valence-corrected chi connectivity index (χ0v) is 14.6. The Morgan fingerprint density at radius 1 is 1.07 bits per heavy atom. The fourth-order valence-electron chi connectivity index (χ4n) is 2.29. The number of hydrogen-bond donors (Lipinski definition) is 2. The predicted octanol–water partition coefficient (Wildman–Crippen LogP) is 3.03. The SMILES string of the molecule is COc1ccc(CNC(=O)c2cnc(Nc3ccc(C#N)cc3)nc2)cc1. The van der Waals surface area contributed by atoms with Crippen LogP contribution in [0.1, 0.15) is 21.5 Å². The second kappa shape index (κ2) is 8.45. The van der Waals surface area contributed by atoms with Crippen molar-refractivity contribution in [3.63, 3.8) is 0 Å². The van der Waals surface area contributed by atoms with Crippen LogP contribution < -0.4 is 15.4 Å². The molecule has 0 radical (unpaired) electrons. The molecular weight excluding hydrogens is 342 g/mol. The van der Waals surface area contributed by atoms with E-state index in [1.165, 1.54) is 12.4 Å². The van der Waals surface area contributed by atoms with E-state index in [1.807, 2.05) is 24.3 Å². The number of carbonyl (C=O) groups is 1. The van der Waals surface area contributed by atoms with Crippen molar-refractivity contribution in [1.29, 1.82) is 5.26 Å². The molecule has 3 aromatic rings. The van der Waals surface area contributed by atoms with Crippen LogP contribution in [0.3, 0.4) is 0 Å². The number of hydrogen-bond acceptors (Lipinski definition) is 6. The minimum absolute atomic E-state index is 0.254. The topological polar surface area (TPSA) is 99.9 Å². The average Bonchev–Trinajstić information content (AvgIpc) is 2.73. The second-order valence-electron chi connectivity index (χ2n) is 5.64. The maximum absolute atomic E-state index is 12.2. The van der Waals surface area contributed by atoms with Crippen LogP contribution in [0, 0.1) is 11.3 Å². The van der Waals surface area contributed by atoms with Crippen molar-refractivity contribution in [1.82, 2.24) is 15.3 Å². The van der Waals surface area contributed by atoms with Gasteiger partial charge in [0, 0.05) is 24.6 Å². The van der Waals surface area contributed by atoms with Gasteiger partial charge in [0.15, 0.2) is 0 Å². The molecule has 7 heteroatoms. The number of anilines is 2. The summed E-state index contributed by atoms with van der Waals surface area (Å²) in [5.41, 5.74) is 2.66. The van der Waals surface area contributed by atoms with Gasteiger partial charge in [-0.15, -0.1) is 0 Å². The molecule has 0 atom stereocenters. The summed E-state index contributed by atoms with van der Waals surface area (Å²) in [5, 5.41) is 14.6. The highest BCUT2D eigenvalue weighted by molar-refractivity contribution is 5.93. The lowest BCUT2D eigenvalue weighted by Crippen LogP contribution is -2.23. The predicted molar refractivity (Wildman–Crippen MR) is 101 cm³/mol. The van der Waals surface area contributed by atoms with Crippen LogP contribution in [0.4, 0.5) is 11.6 Å². The van der Waals surface area contributed by atoms with Gasteiger partial charge >= 0.3 is 0 Å². The quantitative estimate of drug-likeness (QED) is 0.702. The number of rotatable bonds is 6. The monoisotopic (exact) mass is 359 g/mol. The highest BCUT2D eigenvalue weighted by Crippen LogP contribution is 2.14. The Bertz CT molecular complexity index is 946. The van der Waals surface area contributed by atoms with Crippen LogP contribution in [0.15, 0.2) is 60.9 Å². The molecule has 3 rings (SSSR count). The molecule has 0 aliphatic carbocycles. The third-order valence-electron chi connectivity index (χ3n) is 3.80. The van der Waals surface area contributed by atoms with E-state index in [0.29, 0.717) is 23.6 Å². The minimum Gasteiger partial charge on any atom is -0.497 e. The summed E-state index contributed by atoms with van der Waals surface area (Å²) in [6, 6.07) is 16.4.